The van der Waals surface area contributed by atoms with Crippen molar-refractivity contribution in [1.82, 2.24) is 14.8 Å². The average molecular weight is 663 g/mol. The van der Waals surface area contributed by atoms with Crippen molar-refractivity contribution in [3.63, 3.8) is 0 Å². The maximum absolute atomic E-state index is 13.5. The molecule has 1 heterocycles. The smallest absolute Gasteiger partial charge is 0.412 e. The Morgan fingerprint density at radius 2 is 1.35 bits per heavy atom. The van der Waals surface area contributed by atoms with Crippen molar-refractivity contribution in [3.8, 4) is 5.75 Å². The molecule has 0 spiro atoms. The Kier molecular flexibility index (Phi) is 8.77. The third-order valence-corrected chi connectivity index (χ3v) is 9.02. The fourth-order valence-electron chi connectivity index (χ4n) is 6.19. The molecular formula is C36H28Cl2F3N3O2. The summed E-state index contributed by atoms with van der Waals surface area (Å²) in [5.41, 5.74) is 1.55. The van der Waals surface area contributed by atoms with Crippen molar-refractivity contribution in [2.45, 2.75) is 37.6 Å². The third kappa shape index (κ3) is 5.83. The number of Topliss-reactive ketones (excluding diaryl/α,β-unsaturated/α-hetero) is 1. The Balaban J connectivity index is 1.39. The summed E-state index contributed by atoms with van der Waals surface area (Å²) < 4.78 is 48.7. The van der Waals surface area contributed by atoms with Crippen LogP contribution in [0, 0.1) is 5.92 Å². The molecule has 1 aromatic heterocycles. The summed E-state index contributed by atoms with van der Waals surface area (Å²) in [4.78, 5) is 12.5. The molecule has 0 bridgehead atoms. The van der Waals surface area contributed by atoms with Gasteiger partial charge in [0.25, 0.3) is 0 Å². The molecule has 2 unspecified atom stereocenters. The molecule has 0 saturated carbocycles. The second kappa shape index (κ2) is 12.8. The fourth-order valence-corrected chi connectivity index (χ4v) is 6.80. The molecule has 4 aromatic carbocycles. The van der Waals surface area contributed by atoms with Crippen LogP contribution < -0.4 is 4.74 Å². The van der Waals surface area contributed by atoms with Crippen molar-refractivity contribution in [1.29, 1.82) is 0 Å². The first-order valence-electron chi connectivity index (χ1n) is 14.6. The molecule has 1 aliphatic carbocycles. The van der Waals surface area contributed by atoms with Gasteiger partial charge in [-0.15, -0.1) is 10.2 Å². The van der Waals surface area contributed by atoms with Gasteiger partial charge in [-0.1, -0.05) is 127 Å². The average Bonchev–Trinajstić information content (AvgIpc) is 3.52. The summed E-state index contributed by atoms with van der Waals surface area (Å²) in [5, 5.41) is 8.90. The third-order valence-electron chi connectivity index (χ3n) is 8.46. The Morgan fingerprint density at radius 3 is 1.83 bits per heavy atom. The van der Waals surface area contributed by atoms with Crippen LogP contribution in [0.1, 0.15) is 47.3 Å². The highest BCUT2D eigenvalue weighted by atomic mass is 35.5. The number of ether oxygens (including phenoxy) is 1. The number of alkyl halides is 3. The van der Waals surface area contributed by atoms with Gasteiger partial charge in [0.1, 0.15) is 24.3 Å². The van der Waals surface area contributed by atoms with Crippen LogP contribution in [0.5, 0.6) is 5.75 Å². The molecule has 6 rings (SSSR count). The molecule has 0 saturated heterocycles. The summed E-state index contributed by atoms with van der Waals surface area (Å²) in [6, 6.07) is 33.0. The summed E-state index contributed by atoms with van der Waals surface area (Å²) in [6.45, 7) is 1.53. The van der Waals surface area contributed by atoms with Crippen LogP contribution in [0.4, 0.5) is 13.2 Å². The normalized spacial score (nSPS) is 17.1. The number of allylic oxidation sites excluding steroid dienone is 2. The number of nitrogens with zero attached hydrogens (tertiary/aromatic N) is 3. The lowest BCUT2D eigenvalue weighted by Crippen LogP contribution is -2.38. The summed E-state index contributed by atoms with van der Waals surface area (Å²) >= 11 is 13.3. The van der Waals surface area contributed by atoms with Gasteiger partial charge in [0.05, 0.1) is 10.0 Å². The van der Waals surface area contributed by atoms with E-state index in [4.69, 9.17) is 27.9 Å². The van der Waals surface area contributed by atoms with E-state index in [1.165, 1.54) is 12.1 Å². The molecule has 1 aliphatic rings. The van der Waals surface area contributed by atoms with Gasteiger partial charge in [-0.3, -0.25) is 9.36 Å². The van der Waals surface area contributed by atoms with Crippen molar-refractivity contribution >= 4 is 29.0 Å². The van der Waals surface area contributed by atoms with E-state index in [9.17, 15) is 18.0 Å². The number of hydrogen-bond acceptors (Lipinski definition) is 4. The zero-order valence-electron chi connectivity index (χ0n) is 24.6. The number of halogens is 5. The van der Waals surface area contributed by atoms with Crippen LogP contribution in [-0.4, -0.2) is 26.7 Å². The number of ketones is 1. The minimum atomic E-state index is -4.60. The van der Waals surface area contributed by atoms with E-state index in [0.29, 0.717) is 11.4 Å². The lowest BCUT2D eigenvalue weighted by molar-refractivity contribution is -0.127. The van der Waals surface area contributed by atoms with E-state index in [1.807, 2.05) is 95.6 Å². The van der Waals surface area contributed by atoms with Crippen LogP contribution in [0.15, 0.2) is 121 Å². The van der Waals surface area contributed by atoms with E-state index in [2.05, 4.69) is 10.2 Å². The lowest BCUT2D eigenvalue weighted by atomic mass is 9.76. The number of benzene rings is 4. The van der Waals surface area contributed by atoms with E-state index in [1.54, 1.807) is 13.3 Å². The first kappa shape index (κ1) is 31.6. The summed E-state index contributed by atoms with van der Waals surface area (Å²) in [6.07, 6.45) is -2.51. The highest BCUT2D eigenvalue weighted by Gasteiger charge is 2.42. The van der Waals surface area contributed by atoms with Gasteiger partial charge in [-0.2, -0.15) is 13.2 Å². The summed E-state index contributed by atoms with van der Waals surface area (Å²) in [7, 11) is 0. The molecular weight excluding hydrogens is 634 g/mol. The van der Waals surface area contributed by atoms with Gasteiger partial charge in [0.15, 0.2) is 11.6 Å². The molecule has 0 fully saturated rings. The first-order chi connectivity index (χ1) is 22.1. The lowest BCUT2D eigenvalue weighted by Gasteiger charge is -2.38. The highest BCUT2D eigenvalue weighted by molar-refractivity contribution is 6.37. The molecule has 10 heteroatoms. The largest absolute Gasteiger partial charge is 0.482 e. The molecule has 0 N–H and O–H groups in total. The van der Waals surface area contributed by atoms with Gasteiger partial charge < -0.3 is 4.74 Å². The minimum Gasteiger partial charge on any atom is -0.482 e. The minimum absolute atomic E-state index is 0.0799. The van der Waals surface area contributed by atoms with E-state index in [0.717, 1.165) is 22.8 Å². The van der Waals surface area contributed by atoms with Crippen molar-refractivity contribution in [3.05, 3.63) is 159 Å². The molecule has 0 amide bonds. The Bertz CT molecular complexity index is 1760. The van der Waals surface area contributed by atoms with Crippen LogP contribution >= 0.6 is 23.2 Å². The Hall–Kier alpha value is -4.40. The highest BCUT2D eigenvalue weighted by Crippen LogP contribution is 2.45. The predicted molar refractivity (Wildman–Crippen MR) is 171 cm³/mol. The van der Waals surface area contributed by atoms with E-state index < -0.39 is 41.3 Å². The Labute approximate surface area is 274 Å². The van der Waals surface area contributed by atoms with Crippen LogP contribution in [0.3, 0.4) is 0 Å². The molecule has 5 nitrogen and oxygen atoms in total. The number of carbonyl (C=O) groups is 1. The van der Waals surface area contributed by atoms with Crippen molar-refractivity contribution in [2.24, 2.45) is 5.92 Å². The number of carbonyl (C=O) groups excluding carboxylic acids is 1. The monoisotopic (exact) mass is 661 g/mol. The molecule has 234 valence electrons. The first-order valence-corrected chi connectivity index (χ1v) is 15.3. The van der Waals surface area contributed by atoms with Crippen LogP contribution in [0.2, 0.25) is 10.0 Å². The topological polar surface area (TPSA) is 57.0 Å². The van der Waals surface area contributed by atoms with Gasteiger partial charge in [-0.05, 0) is 34.4 Å². The van der Waals surface area contributed by atoms with Crippen molar-refractivity contribution < 1.29 is 22.7 Å². The second-order valence-electron chi connectivity index (χ2n) is 11.2. The molecule has 2 atom stereocenters. The Morgan fingerprint density at radius 1 is 0.848 bits per heavy atom. The molecule has 46 heavy (non-hydrogen) atoms. The van der Waals surface area contributed by atoms with E-state index in [-0.39, 0.29) is 22.4 Å². The van der Waals surface area contributed by atoms with Gasteiger partial charge >= 0.3 is 6.18 Å². The van der Waals surface area contributed by atoms with Gasteiger partial charge in [0, 0.05) is 23.8 Å². The van der Waals surface area contributed by atoms with Crippen LogP contribution in [0.25, 0.3) is 0 Å². The zero-order chi connectivity index (χ0) is 32.5. The second-order valence-corrected chi connectivity index (χ2v) is 12.0. The number of aromatic nitrogens is 3. The number of hydrogen-bond donors (Lipinski definition) is 0. The molecule has 0 aliphatic heterocycles. The zero-order valence-corrected chi connectivity index (χ0v) is 26.1. The summed E-state index contributed by atoms with van der Waals surface area (Å²) in [5.74, 6) is -1.40. The standard InChI is InChI=1S/C36H28Cl2F3N3O2/c1-23-29(19-28(20-32(23)45)36(39,40)41)24-17-30(37)34(31(38)18-24)46-21-33-43-42-22-44(33)35(25-11-5-2-6-12-25,26-13-7-3-8-14-26)27-15-9-4-10-16-27/h2-19,22-23,29H,20-21H2,1H3. The van der Waals surface area contributed by atoms with Crippen LogP contribution in [-0.2, 0) is 16.9 Å². The molecule has 5 aromatic rings. The fraction of sp³-hybridized carbons (Fsp3) is 0.194. The van der Waals surface area contributed by atoms with Crippen molar-refractivity contribution in [2.75, 3.05) is 0 Å². The maximum Gasteiger partial charge on any atom is 0.412 e. The maximum atomic E-state index is 13.5. The van der Waals surface area contributed by atoms with E-state index >= 15 is 0 Å². The number of rotatable bonds is 8. The van der Waals surface area contributed by atoms with Gasteiger partial charge in [0.2, 0.25) is 0 Å². The van der Waals surface area contributed by atoms with Gasteiger partial charge in [-0.25, -0.2) is 0 Å². The SMILES string of the molecule is CC1C(=O)CC(C(F)(F)F)=CC1c1cc(Cl)c(OCc2nncn2C(c2ccccc2)(c2ccccc2)c2ccccc2)c(Cl)c1. The molecule has 0 radical (unpaired) electrons. The quantitative estimate of drug-likeness (QED) is 0.123. The predicted octanol–water partition coefficient (Wildman–Crippen LogP) is 9.19.